The molecule has 0 rings (SSSR count). The van der Waals surface area contributed by atoms with E-state index in [4.69, 9.17) is 0 Å². The average molecular weight is 172 g/mol. The van der Waals surface area contributed by atoms with Gasteiger partial charge in [0.1, 0.15) is 0 Å². The third kappa shape index (κ3) is 4.10. The van der Waals surface area contributed by atoms with Crippen molar-refractivity contribution in [1.29, 1.82) is 0 Å². The molecule has 12 heavy (non-hydrogen) atoms. The molecule has 74 valence electrons. The fraction of sp³-hybridized carbons (Fsp3) is 1.00. The summed E-state index contributed by atoms with van der Waals surface area (Å²) in [5.41, 5.74) is 0. The first kappa shape index (κ1) is 12.0. The van der Waals surface area contributed by atoms with Gasteiger partial charge in [0, 0.05) is 0 Å². The van der Waals surface area contributed by atoms with E-state index < -0.39 is 0 Å². The predicted molar refractivity (Wildman–Crippen MR) is 54.2 cm³/mol. The van der Waals surface area contributed by atoms with Crippen LogP contribution in [0, 0.1) is 11.8 Å². The normalized spacial score (nSPS) is 18.8. The van der Waals surface area contributed by atoms with Crippen molar-refractivity contribution in [3.8, 4) is 0 Å². The Balaban J connectivity index is 3.73. The maximum Gasteiger partial charge on any atom is 0.0591 e. The van der Waals surface area contributed by atoms with Gasteiger partial charge in [0.05, 0.1) is 6.10 Å². The fourth-order valence-corrected chi connectivity index (χ4v) is 1.81. The first-order valence-corrected chi connectivity index (χ1v) is 5.31. The number of rotatable bonds is 6. The summed E-state index contributed by atoms with van der Waals surface area (Å²) < 4.78 is 0. The molecule has 0 bridgehead atoms. The average Bonchev–Trinajstić information content (AvgIpc) is 2.04. The van der Waals surface area contributed by atoms with Gasteiger partial charge in [-0.3, -0.25) is 0 Å². The molecule has 0 amide bonds. The Morgan fingerprint density at radius 1 is 0.917 bits per heavy atom. The smallest absolute Gasteiger partial charge is 0.0591 e. The number of aliphatic hydroxyl groups excluding tert-OH is 1. The standard InChI is InChI=1S/C11H24O/c1-5-7-9(3)11(12)10(4)8-6-2/h9-12H,5-8H2,1-4H3/t9-,10+,11?. The van der Waals surface area contributed by atoms with Gasteiger partial charge in [-0.15, -0.1) is 0 Å². The van der Waals surface area contributed by atoms with Gasteiger partial charge in [-0.2, -0.15) is 0 Å². The van der Waals surface area contributed by atoms with E-state index in [0.717, 1.165) is 12.8 Å². The van der Waals surface area contributed by atoms with Gasteiger partial charge in [-0.05, 0) is 24.7 Å². The molecule has 0 aliphatic heterocycles. The van der Waals surface area contributed by atoms with Crippen molar-refractivity contribution in [3.05, 3.63) is 0 Å². The van der Waals surface area contributed by atoms with E-state index >= 15 is 0 Å². The second-order valence-electron chi connectivity index (χ2n) is 4.02. The minimum absolute atomic E-state index is 0.0927. The van der Waals surface area contributed by atoms with E-state index in [2.05, 4.69) is 27.7 Å². The number of aliphatic hydroxyl groups is 1. The first-order valence-electron chi connectivity index (χ1n) is 5.31. The zero-order valence-corrected chi connectivity index (χ0v) is 9.01. The van der Waals surface area contributed by atoms with Gasteiger partial charge in [0.15, 0.2) is 0 Å². The molecule has 0 aliphatic carbocycles. The molecule has 0 saturated carbocycles. The zero-order valence-electron chi connectivity index (χ0n) is 9.01. The second-order valence-corrected chi connectivity index (χ2v) is 4.02. The van der Waals surface area contributed by atoms with Crippen LogP contribution in [-0.2, 0) is 0 Å². The van der Waals surface area contributed by atoms with Crippen molar-refractivity contribution in [2.75, 3.05) is 0 Å². The molecular formula is C11H24O. The van der Waals surface area contributed by atoms with Crippen LogP contribution in [0.3, 0.4) is 0 Å². The maximum atomic E-state index is 9.85. The third-order valence-corrected chi connectivity index (χ3v) is 2.65. The van der Waals surface area contributed by atoms with Gasteiger partial charge in [-0.25, -0.2) is 0 Å². The van der Waals surface area contributed by atoms with Crippen LogP contribution in [-0.4, -0.2) is 11.2 Å². The van der Waals surface area contributed by atoms with Crippen LogP contribution in [0.1, 0.15) is 53.4 Å². The Morgan fingerprint density at radius 3 is 1.50 bits per heavy atom. The zero-order chi connectivity index (χ0) is 9.56. The Hall–Kier alpha value is -0.0400. The van der Waals surface area contributed by atoms with E-state index in [1.54, 1.807) is 0 Å². The van der Waals surface area contributed by atoms with Crippen LogP contribution < -0.4 is 0 Å². The lowest BCUT2D eigenvalue weighted by atomic mass is 9.88. The second kappa shape index (κ2) is 6.47. The largest absolute Gasteiger partial charge is 0.393 e. The molecule has 0 saturated heterocycles. The molecule has 0 radical (unpaired) electrons. The highest BCUT2D eigenvalue weighted by molar-refractivity contribution is 4.70. The summed E-state index contributed by atoms with van der Waals surface area (Å²) in [6.07, 6.45) is 4.56. The first-order chi connectivity index (χ1) is 5.63. The van der Waals surface area contributed by atoms with Crippen molar-refractivity contribution in [3.63, 3.8) is 0 Å². The molecule has 1 nitrogen and oxygen atoms in total. The molecule has 0 fully saturated rings. The highest BCUT2D eigenvalue weighted by Crippen LogP contribution is 2.20. The summed E-state index contributed by atoms with van der Waals surface area (Å²) in [6, 6.07) is 0. The summed E-state index contributed by atoms with van der Waals surface area (Å²) >= 11 is 0. The minimum Gasteiger partial charge on any atom is -0.393 e. The van der Waals surface area contributed by atoms with Gasteiger partial charge in [0.25, 0.3) is 0 Å². The lowest BCUT2D eigenvalue weighted by molar-refractivity contribution is 0.0569. The highest BCUT2D eigenvalue weighted by Gasteiger charge is 2.19. The highest BCUT2D eigenvalue weighted by atomic mass is 16.3. The molecule has 0 spiro atoms. The van der Waals surface area contributed by atoms with Crippen molar-refractivity contribution in [2.45, 2.75) is 59.5 Å². The monoisotopic (exact) mass is 172 g/mol. The van der Waals surface area contributed by atoms with E-state index in [-0.39, 0.29) is 6.10 Å². The molecule has 1 N–H and O–H groups in total. The molecule has 0 aromatic carbocycles. The van der Waals surface area contributed by atoms with E-state index in [0.29, 0.717) is 11.8 Å². The predicted octanol–water partition coefficient (Wildman–Crippen LogP) is 3.22. The molecule has 3 atom stereocenters. The molecule has 0 aliphatic rings. The SMILES string of the molecule is CCC[C@@H](C)C(O)[C@@H](C)CCC. The molecule has 1 heteroatoms. The minimum atomic E-state index is -0.0927. The molecule has 0 aromatic heterocycles. The van der Waals surface area contributed by atoms with E-state index in [9.17, 15) is 5.11 Å². The number of hydrogen-bond donors (Lipinski definition) is 1. The summed E-state index contributed by atoms with van der Waals surface area (Å²) in [5, 5.41) is 9.85. The van der Waals surface area contributed by atoms with Crippen LogP contribution in [0.5, 0.6) is 0 Å². The van der Waals surface area contributed by atoms with Crippen molar-refractivity contribution in [1.82, 2.24) is 0 Å². The Bertz CT molecular complexity index is 89.2. The summed E-state index contributed by atoms with van der Waals surface area (Å²) in [4.78, 5) is 0. The quantitative estimate of drug-likeness (QED) is 0.652. The third-order valence-electron chi connectivity index (χ3n) is 2.65. The summed E-state index contributed by atoms with van der Waals surface area (Å²) in [7, 11) is 0. The lowest BCUT2D eigenvalue weighted by Gasteiger charge is -2.24. The van der Waals surface area contributed by atoms with Gasteiger partial charge in [-0.1, -0.05) is 40.5 Å². The van der Waals surface area contributed by atoms with Crippen LogP contribution in [0.25, 0.3) is 0 Å². The van der Waals surface area contributed by atoms with Crippen molar-refractivity contribution >= 4 is 0 Å². The van der Waals surface area contributed by atoms with Gasteiger partial charge < -0.3 is 5.11 Å². The maximum absolute atomic E-state index is 9.85. The van der Waals surface area contributed by atoms with E-state index in [1.807, 2.05) is 0 Å². The summed E-state index contributed by atoms with van der Waals surface area (Å²) in [5.74, 6) is 0.938. The molecule has 1 unspecified atom stereocenters. The van der Waals surface area contributed by atoms with Crippen molar-refractivity contribution < 1.29 is 5.11 Å². The molecular weight excluding hydrogens is 148 g/mol. The van der Waals surface area contributed by atoms with Gasteiger partial charge in [0.2, 0.25) is 0 Å². The molecule has 0 heterocycles. The van der Waals surface area contributed by atoms with Crippen LogP contribution in [0.2, 0.25) is 0 Å². The Morgan fingerprint density at radius 2 is 1.25 bits per heavy atom. The topological polar surface area (TPSA) is 20.2 Å². The Kier molecular flexibility index (Phi) is 6.45. The lowest BCUT2D eigenvalue weighted by Crippen LogP contribution is -2.25. The van der Waals surface area contributed by atoms with Crippen LogP contribution in [0.15, 0.2) is 0 Å². The van der Waals surface area contributed by atoms with Crippen LogP contribution >= 0.6 is 0 Å². The number of hydrogen-bond acceptors (Lipinski definition) is 1. The van der Waals surface area contributed by atoms with E-state index in [1.165, 1.54) is 12.8 Å². The van der Waals surface area contributed by atoms with Gasteiger partial charge >= 0.3 is 0 Å². The van der Waals surface area contributed by atoms with Crippen molar-refractivity contribution in [2.24, 2.45) is 11.8 Å². The van der Waals surface area contributed by atoms with Crippen LogP contribution in [0.4, 0.5) is 0 Å². The Labute approximate surface area is 77.2 Å². The summed E-state index contributed by atoms with van der Waals surface area (Å²) in [6.45, 7) is 8.65. The molecule has 0 aromatic rings. The fourth-order valence-electron chi connectivity index (χ4n) is 1.81.